The van der Waals surface area contributed by atoms with E-state index in [1.165, 1.54) is 24.0 Å². The number of carboxylic acid groups (broad SMARTS) is 3. The molecule has 3 aliphatic heterocycles. The number of pyridine rings is 1. The van der Waals surface area contributed by atoms with Crippen LogP contribution in [0.15, 0.2) is 54.7 Å². The number of nitrogens with one attached hydrogen (secondary N) is 4. The lowest BCUT2D eigenvalue weighted by Crippen LogP contribution is -2.52. The maximum atomic E-state index is 13.9. The molecule has 3 aromatic rings. The van der Waals surface area contributed by atoms with E-state index < -0.39 is 91.1 Å². The normalized spacial score (nSPS) is 18.0. The van der Waals surface area contributed by atoms with Gasteiger partial charge in [-0.3, -0.25) is 67.7 Å². The highest BCUT2D eigenvalue weighted by atomic mass is 32.2. The van der Waals surface area contributed by atoms with Crippen molar-refractivity contribution < 1.29 is 77.1 Å². The number of piperidine rings is 1. The predicted molar refractivity (Wildman–Crippen MR) is 332 cm³/mol. The number of hydrogen-bond acceptors (Lipinski definition) is 18. The fourth-order valence-corrected chi connectivity index (χ4v) is 11.9. The van der Waals surface area contributed by atoms with Crippen LogP contribution in [0, 0.1) is 24.2 Å². The van der Waals surface area contributed by atoms with Crippen molar-refractivity contribution in [3.63, 3.8) is 0 Å². The number of aryl methyl sites for hydroxylation is 2. The minimum atomic E-state index is -3.19. The van der Waals surface area contributed by atoms with E-state index in [2.05, 4.69) is 26.3 Å². The molecule has 0 aliphatic carbocycles. The zero-order chi connectivity index (χ0) is 65.9. The fourth-order valence-electron chi connectivity index (χ4n) is 11.1. The number of amides is 6. The number of ether oxygens (including phenoxy) is 1. The molecule has 0 saturated carbocycles. The van der Waals surface area contributed by atoms with Crippen molar-refractivity contribution >= 4 is 76.0 Å². The Hall–Kier alpha value is -7.62. The van der Waals surface area contributed by atoms with Gasteiger partial charge >= 0.3 is 17.9 Å². The van der Waals surface area contributed by atoms with Crippen LogP contribution in [0.3, 0.4) is 0 Å². The quantitative estimate of drug-likeness (QED) is 0.0411. The second-order valence-corrected chi connectivity index (χ2v) is 24.5. The second-order valence-electron chi connectivity index (χ2n) is 23.3. The summed E-state index contributed by atoms with van der Waals surface area (Å²) in [5.74, 6) is -8.23. The number of benzene rings is 2. The molecular weight excluding hydrogens is 1210 g/mol. The number of nitrogens with zero attached hydrogens (tertiary/aromatic N) is 8. The molecule has 1 unspecified atom stereocenters. The predicted octanol–water partition coefficient (Wildman–Crippen LogP) is 1.52. The lowest BCUT2D eigenvalue weighted by atomic mass is 9.92. The first kappa shape index (κ1) is 72.4. The fraction of sp³-hybridized carbons (Fsp3) is 0.597. The van der Waals surface area contributed by atoms with Gasteiger partial charge < -0.3 is 56.2 Å². The van der Waals surface area contributed by atoms with Crippen molar-refractivity contribution in [1.29, 1.82) is 5.26 Å². The van der Waals surface area contributed by atoms with Crippen LogP contribution in [0.25, 0.3) is 10.9 Å². The number of thioether (sulfide) groups is 1. The number of rotatable bonds is 32. The van der Waals surface area contributed by atoms with E-state index in [4.69, 9.17) is 4.74 Å². The van der Waals surface area contributed by atoms with Crippen molar-refractivity contribution in [1.82, 2.24) is 55.7 Å². The Kier molecular flexibility index (Phi) is 29.5. The summed E-state index contributed by atoms with van der Waals surface area (Å²) in [6.45, 7) is 2.56. The van der Waals surface area contributed by atoms with E-state index >= 15 is 0 Å². The first-order chi connectivity index (χ1) is 43.5. The number of halogens is 2. The van der Waals surface area contributed by atoms with Crippen molar-refractivity contribution in [2.24, 2.45) is 5.92 Å². The number of carboxylic acids is 3. The van der Waals surface area contributed by atoms with Gasteiger partial charge in [-0.25, -0.2) is 8.78 Å². The molecule has 498 valence electrons. The zero-order valence-electron chi connectivity index (χ0n) is 51.5. The monoisotopic (exact) mass is 1290 g/mol. The smallest absolute Gasteiger partial charge is 0.317 e. The Morgan fingerprint density at radius 1 is 0.758 bits per heavy atom. The van der Waals surface area contributed by atoms with Crippen LogP contribution >= 0.6 is 11.8 Å². The lowest BCUT2D eigenvalue weighted by molar-refractivity contribution is -0.140. The number of aliphatic hydroxyl groups is 1. The number of carbonyl (C=O) groups is 9. The molecule has 6 amide bonds. The van der Waals surface area contributed by atoms with E-state index in [1.54, 1.807) is 48.8 Å². The topological polar surface area (TPSA) is 348 Å². The summed E-state index contributed by atoms with van der Waals surface area (Å²) in [5, 5.41) is 60.5. The third-order valence-electron chi connectivity index (χ3n) is 16.2. The summed E-state index contributed by atoms with van der Waals surface area (Å²) in [5.41, 5.74) is 2.96. The van der Waals surface area contributed by atoms with Crippen LogP contribution in [0.5, 0.6) is 5.75 Å². The van der Waals surface area contributed by atoms with E-state index in [1.807, 2.05) is 31.2 Å². The molecule has 6 rings (SSSR count). The third-order valence-corrected chi connectivity index (χ3v) is 17.2. The van der Waals surface area contributed by atoms with Gasteiger partial charge in [0.05, 0.1) is 63.0 Å². The first-order valence-corrected chi connectivity index (χ1v) is 32.1. The largest absolute Gasteiger partial charge is 0.494 e. The van der Waals surface area contributed by atoms with Gasteiger partial charge in [-0.05, 0) is 94.0 Å². The molecule has 3 fully saturated rings. The molecule has 29 heteroatoms. The van der Waals surface area contributed by atoms with Crippen molar-refractivity contribution in [3.8, 4) is 11.8 Å². The van der Waals surface area contributed by atoms with Crippen LogP contribution in [0.1, 0.15) is 79.3 Å². The van der Waals surface area contributed by atoms with Crippen molar-refractivity contribution in [2.45, 2.75) is 95.2 Å². The summed E-state index contributed by atoms with van der Waals surface area (Å²) in [7, 11) is 0. The van der Waals surface area contributed by atoms with Gasteiger partial charge in [0, 0.05) is 114 Å². The van der Waals surface area contributed by atoms with Gasteiger partial charge in [0.25, 0.3) is 17.7 Å². The minimum absolute atomic E-state index is 0.0734. The molecule has 8 N–H and O–H groups in total. The highest BCUT2D eigenvalue weighted by molar-refractivity contribution is 7.99. The van der Waals surface area contributed by atoms with Crippen molar-refractivity contribution in [3.05, 3.63) is 71.4 Å². The highest BCUT2D eigenvalue weighted by Gasteiger charge is 2.47. The molecule has 0 bridgehead atoms. The summed E-state index contributed by atoms with van der Waals surface area (Å²) in [6, 6.07) is 14.1. The Bertz CT molecular complexity index is 2960. The molecule has 4 heterocycles. The Balaban J connectivity index is 0.936. The number of aliphatic hydroxyl groups excluding tert-OH is 1. The molecular formula is C62H86F2N12O14S. The Labute approximate surface area is 532 Å². The van der Waals surface area contributed by atoms with E-state index in [-0.39, 0.29) is 115 Å². The molecule has 2 aromatic carbocycles. The average molecular weight is 1290 g/mol. The maximum Gasteiger partial charge on any atom is 0.317 e. The van der Waals surface area contributed by atoms with Gasteiger partial charge in [0.15, 0.2) is 0 Å². The summed E-state index contributed by atoms with van der Waals surface area (Å²) in [4.78, 5) is 128. The molecule has 91 heavy (non-hydrogen) atoms. The van der Waals surface area contributed by atoms with Crippen LogP contribution in [-0.4, -0.2) is 268 Å². The van der Waals surface area contributed by atoms with Gasteiger partial charge in [-0.2, -0.15) is 17.0 Å². The Morgan fingerprint density at radius 2 is 1.37 bits per heavy atom. The van der Waals surface area contributed by atoms with Crippen LogP contribution in [-0.2, 0) is 44.8 Å². The SMILES string of the molecule is Cc1ccc(CCCC(=O)NCCCC(NC(=O)CN2CCN(CC(=O)O)CCN(CC(=O)O)CCN(CC(=O)O)CC2)C(=O)NCCSC[C@@H](O)C(=O)N2CCC(CCCOc3ccc4nccc(C(=O)NCC(=O)N5CC(F)(F)C[C@@H]5C#N)c4c3)CC2)cc1. The zero-order valence-corrected chi connectivity index (χ0v) is 52.4. The Morgan fingerprint density at radius 3 is 1.98 bits per heavy atom. The molecule has 0 spiro atoms. The maximum absolute atomic E-state index is 13.9. The second kappa shape index (κ2) is 37.0. The number of hydrogen-bond donors (Lipinski definition) is 8. The molecule has 3 saturated heterocycles. The van der Waals surface area contributed by atoms with Crippen LogP contribution in [0.2, 0.25) is 0 Å². The highest BCUT2D eigenvalue weighted by Crippen LogP contribution is 2.32. The van der Waals surface area contributed by atoms with Crippen LogP contribution in [0.4, 0.5) is 8.78 Å². The summed E-state index contributed by atoms with van der Waals surface area (Å²) >= 11 is 1.27. The number of likely N-dealkylation sites (tertiary alicyclic amines) is 2. The molecule has 3 atom stereocenters. The molecule has 0 radical (unpaired) electrons. The summed E-state index contributed by atoms with van der Waals surface area (Å²) in [6.07, 6.45) is 4.53. The van der Waals surface area contributed by atoms with E-state index in [0.717, 1.165) is 41.7 Å². The molecule has 1 aromatic heterocycles. The average Bonchev–Trinajstić information content (AvgIpc) is 1.94. The number of carbonyl (C=O) groups excluding carboxylic acids is 6. The number of nitriles is 1. The van der Waals surface area contributed by atoms with E-state index in [0.29, 0.717) is 73.7 Å². The van der Waals surface area contributed by atoms with Gasteiger partial charge in [-0.15, -0.1) is 0 Å². The number of aromatic nitrogens is 1. The van der Waals surface area contributed by atoms with Crippen LogP contribution < -0.4 is 26.0 Å². The number of aliphatic carboxylic acids is 3. The van der Waals surface area contributed by atoms with E-state index in [9.17, 15) is 77.6 Å². The molecule has 26 nitrogen and oxygen atoms in total. The molecule has 3 aliphatic rings. The van der Waals surface area contributed by atoms with Gasteiger partial charge in [-0.1, -0.05) is 29.8 Å². The van der Waals surface area contributed by atoms with Gasteiger partial charge in [0.1, 0.15) is 23.9 Å². The van der Waals surface area contributed by atoms with Gasteiger partial charge in [0.2, 0.25) is 23.6 Å². The standard InChI is InChI=1S/C62H86F2N12O14S/c1-43-9-11-44(12-10-43)5-2-8-53(78)67-18-3-7-51(70-54(79)37-71-23-25-72(38-56(81)82)27-29-74(40-58(85)86)30-28-73(26-24-71)39-57(83)84)60(88)68-20-32-91-41-52(77)61(89)75-21-16-45(17-22-75)6-4-31-90-47-13-14-50-49(33-47)48(15-19-66-50)59(87)69-36-55(80)76-42-62(63,64)34-46(76)35-65/h9-15,19,33,45-46,51-52,77H,2-8,16-18,20-32,34,36-42H2,1H3,(H,67,78)(H,68,88)(H,69,87)(H,70,79)(H,81,82)(H,83,84)(H,85,86)/t46-,51?,52-/m1/s1. The first-order valence-electron chi connectivity index (χ1n) is 30.9. The number of alkyl halides is 2. The minimum Gasteiger partial charge on any atom is -0.494 e. The van der Waals surface area contributed by atoms with Crippen molar-refractivity contribution in [2.75, 3.05) is 136 Å². The lowest BCUT2D eigenvalue weighted by Gasteiger charge is -2.33. The third kappa shape index (κ3) is 25.5. The number of fused-ring (bicyclic) bond motifs is 1. The summed E-state index contributed by atoms with van der Waals surface area (Å²) < 4.78 is 33.9.